The number of hydrogen-bond acceptors (Lipinski definition) is 4. The van der Waals surface area contributed by atoms with E-state index in [-0.39, 0.29) is 5.56 Å². The van der Waals surface area contributed by atoms with Gasteiger partial charge in [0.25, 0.3) is 5.56 Å². The number of thiocarbonyl (C=S) groups is 1. The molecule has 0 saturated carbocycles. The molecule has 0 aliphatic carbocycles. The molecule has 0 amide bonds. The Balaban J connectivity index is 2.18. The zero-order chi connectivity index (χ0) is 14.3. The highest BCUT2D eigenvalue weighted by Crippen LogP contribution is 2.33. The van der Waals surface area contributed by atoms with Crippen molar-refractivity contribution in [1.82, 2.24) is 8.86 Å². The Labute approximate surface area is 126 Å². The minimum absolute atomic E-state index is 0.0305. The van der Waals surface area contributed by atoms with Gasteiger partial charge in [-0.05, 0) is 32.0 Å². The summed E-state index contributed by atoms with van der Waals surface area (Å²) in [4.78, 5) is 15.3. The summed E-state index contributed by atoms with van der Waals surface area (Å²) in [6.45, 7) is 1.80. The van der Waals surface area contributed by atoms with Gasteiger partial charge in [-0.25, -0.2) is 3.96 Å². The van der Waals surface area contributed by atoms with Crippen LogP contribution in [0.5, 0.6) is 0 Å². The second kappa shape index (κ2) is 4.95. The Hall–Kier alpha value is -1.24. The van der Waals surface area contributed by atoms with E-state index in [2.05, 4.69) is 11.9 Å². The third-order valence-corrected chi connectivity index (χ3v) is 5.78. The van der Waals surface area contributed by atoms with E-state index in [1.807, 2.05) is 28.2 Å². The molecule has 2 N–H and O–H groups in total. The van der Waals surface area contributed by atoms with Crippen molar-refractivity contribution in [3.63, 3.8) is 0 Å². The van der Waals surface area contributed by atoms with Crippen molar-refractivity contribution >= 4 is 38.8 Å². The second-order valence-corrected chi connectivity index (χ2v) is 6.81. The fourth-order valence-corrected chi connectivity index (χ4v) is 4.37. The lowest BCUT2D eigenvalue weighted by Crippen LogP contribution is -2.54. The van der Waals surface area contributed by atoms with Crippen LogP contribution >= 0.6 is 23.8 Å². The number of likely N-dealkylation sites (tertiary alicyclic amines) is 1. The average Bonchev–Trinajstić information content (AvgIpc) is 2.78. The Morgan fingerprint density at radius 3 is 2.60 bits per heavy atom. The molecule has 20 heavy (non-hydrogen) atoms. The second-order valence-electron chi connectivity index (χ2n) is 5.39. The number of rotatable bonds is 2. The lowest BCUT2D eigenvalue weighted by Gasteiger charge is -2.39. The third-order valence-electron chi connectivity index (χ3n) is 4.15. The molecule has 1 aliphatic rings. The van der Waals surface area contributed by atoms with Crippen molar-refractivity contribution in [3.05, 3.63) is 34.6 Å². The van der Waals surface area contributed by atoms with Gasteiger partial charge in [0, 0.05) is 13.1 Å². The molecule has 2 aromatic rings. The number of nitrogens with zero attached hydrogens (tertiary/aromatic N) is 2. The molecule has 2 heterocycles. The van der Waals surface area contributed by atoms with E-state index in [9.17, 15) is 4.79 Å². The number of hydrogen-bond donors (Lipinski definition) is 1. The molecule has 1 aromatic carbocycles. The first-order valence-corrected chi connectivity index (χ1v) is 7.83. The monoisotopic (exact) mass is 307 g/mol. The maximum absolute atomic E-state index is 12.7. The molecule has 1 fully saturated rings. The first-order chi connectivity index (χ1) is 9.54. The number of benzene rings is 1. The molecule has 3 rings (SSSR count). The number of piperidine rings is 1. The van der Waals surface area contributed by atoms with Crippen LogP contribution in [0, 0.1) is 0 Å². The summed E-state index contributed by atoms with van der Waals surface area (Å²) >= 11 is 6.80. The summed E-state index contributed by atoms with van der Waals surface area (Å²) < 4.78 is 2.81. The lowest BCUT2D eigenvalue weighted by atomic mass is 9.88. The fraction of sp³-hybridized carbons (Fsp3) is 0.429. The van der Waals surface area contributed by atoms with Crippen LogP contribution in [0.15, 0.2) is 29.1 Å². The first kappa shape index (κ1) is 13.7. The molecule has 0 atom stereocenters. The maximum atomic E-state index is 12.7. The highest BCUT2D eigenvalue weighted by atomic mass is 32.1. The third kappa shape index (κ3) is 1.99. The van der Waals surface area contributed by atoms with Gasteiger partial charge >= 0.3 is 0 Å². The van der Waals surface area contributed by atoms with Crippen molar-refractivity contribution in [2.24, 2.45) is 5.73 Å². The van der Waals surface area contributed by atoms with Crippen LogP contribution in [0.3, 0.4) is 0 Å². The van der Waals surface area contributed by atoms with Crippen LogP contribution in [0.4, 0.5) is 0 Å². The average molecular weight is 307 g/mol. The van der Waals surface area contributed by atoms with Crippen molar-refractivity contribution in [3.8, 4) is 0 Å². The Kier molecular flexibility index (Phi) is 3.40. The predicted molar refractivity (Wildman–Crippen MR) is 87.6 cm³/mol. The van der Waals surface area contributed by atoms with Gasteiger partial charge in [-0.15, -0.1) is 0 Å². The summed E-state index contributed by atoms with van der Waals surface area (Å²) in [5.41, 5.74) is 5.56. The highest BCUT2D eigenvalue weighted by molar-refractivity contribution is 7.80. The van der Waals surface area contributed by atoms with E-state index in [1.165, 1.54) is 11.5 Å². The Morgan fingerprint density at radius 1 is 1.35 bits per heavy atom. The molecule has 1 saturated heterocycles. The molecule has 0 bridgehead atoms. The fourth-order valence-electron chi connectivity index (χ4n) is 2.79. The molecule has 6 heteroatoms. The largest absolute Gasteiger partial charge is 0.391 e. The SMILES string of the molecule is CN1CCC(C(N)=S)(n2sc3ccccc3c2=O)CC1. The molecule has 106 valence electrons. The molecule has 1 aromatic heterocycles. The quantitative estimate of drug-likeness (QED) is 0.859. The topological polar surface area (TPSA) is 51.3 Å². The van der Waals surface area contributed by atoms with Crippen LogP contribution < -0.4 is 11.3 Å². The molecule has 0 unspecified atom stereocenters. The molecule has 0 spiro atoms. The lowest BCUT2D eigenvalue weighted by molar-refractivity contribution is 0.190. The zero-order valence-electron chi connectivity index (χ0n) is 11.3. The molecule has 4 nitrogen and oxygen atoms in total. The van der Waals surface area contributed by atoms with Crippen molar-refractivity contribution in [2.45, 2.75) is 18.4 Å². The Morgan fingerprint density at radius 2 is 2.00 bits per heavy atom. The van der Waals surface area contributed by atoms with Crippen LogP contribution in [-0.4, -0.2) is 34.0 Å². The summed E-state index contributed by atoms with van der Waals surface area (Å²) in [6, 6.07) is 7.68. The summed E-state index contributed by atoms with van der Waals surface area (Å²) in [5.74, 6) is 0. The van der Waals surface area contributed by atoms with Crippen LogP contribution in [-0.2, 0) is 5.54 Å². The van der Waals surface area contributed by atoms with Gasteiger partial charge in [0.1, 0.15) is 10.5 Å². The summed E-state index contributed by atoms with van der Waals surface area (Å²) in [7, 11) is 2.08. The smallest absolute Gasteiger partial charge is 0.269 e. The molecule has 1 aliphatic heterocycles. The number of nitrogens with two attached hydrogens (primary N) is 1. The minimum Gasteiger partial charge on any atom is -0.391 e. The van der Waals surface area contributed by atoms with Crippen molar-refractivity contribution < 1.29 is 0 Å². The highest BCUT2D eigenvalue weighted by Gasteiger charge is 2.40. The normalized spacial score (nSPS) is 19.2. The van der Waals surface area contributed by atoms with Gasteiger partial charge < -0.3 is 10.6 Å². The van der Waals surface area contributed by atoms with E-state index in [1.54, 1.807) is 0 Å². The standard InChI is InChI=1S/C14H17N3OS2/c1-16-8-6-14(7-9-16,13(15)19)17-12(18)10-4-2-3-5-11(10)20-17/h2-5H,6-9H2,1H3,(H2,15,19). The van der Waals surface area contributed by atoms with E-state index < -0.39 is 5.54 Å². The van der Waals surface area contributed by atoms with Crippen molar-refractivity contribution in [2.75, 3.05) is 20.1 Å². The van der Waals surface area contributed by atoms with E-state index >= 15 is 0 Å². The van der Waals surface area contributed by atoms with Crippen LogP contribution in [0.25, 0.3) is 10.1 Å². The van der Waals surface area contributed by atoms with Gasteiger partial charge in [0.2, 0.25) is 0 Å². The number of aromatic nitrogens is 1. The van der Waals surface area contributed by atoms with Gasteiger partial charge in [-0.2, -0.15) is 0 Å². The van der Waals surface area contributed by atoms with E-state index in [0.29, 0.717) is 4.99 Å². The van der Waals surface area contributed by atoms with E-state index in [4.69, 9.17) is 18.0 Å². The van der Waals surface area contributed by atoms with Crippen LogP contribution in [0.2, 0.25) is 0 Å². The van der Waals surface area contributed by atoms with E-state index in [0.717, 1.165) is 36.0 Å². The molecule has 0 radical (unpaired) electrons. The predicted octanol–water partition coefficient (Wildman–Crippen LogP) is 1.77. The van der Waals surface area contributed by atoms with Crippen molar-refractivity contribution in [1.29, 1.82) is 0 Å². The molecular formula is C14H17N3OS2. The van der Waals surface area contributed by atoms with Gasteiger partial charge in [0.05, 0.1) is 10.1 Å². The van der Waals surface area contributed by atoms with Gasteiger partial charge in [-0.1, -0.05) is 35.9 Å². The maximum Gasteiger partial charge on any atom is 0.269 e. The first-order valence-electron chi connectivity index (χ1n) is 6.64. The van der Waals surface area contributed by atoms with Gasteiger partial charge in [0.15, 0.2) is 0 Å². The van der Waals surface area contributed by atoms with Gasteiger partial charge in [-0.3, -0.25) is 4.79 Å². The Bertz CT molecular complexity index is 711. The number of fused-ring (bicyclic) bond motifs is 1. The zero-order valence-corrected chi connectivity index (χ0v) is 13.0. The van der Waals surface area contributed by atoms with Crippen LogP contribution in [0.1, 0.15) is 12.8 Å². The summed E-state index contributed by atoms with van der Waals surface area (Å²) in [5, 5.41) is 0.757. The minimum atomic E-state index is -0.497. The summed E-state index contributed by atoms with van der Waals surface area (Å²) in [6.07, 6.45) is 1.59. The molecular weight excluding hydrogens is 290 g/mol.